The van der Waals surface area contributed by atoms with Crippen molar-refractivity contribution in [3.05, 3.63) is 59.3 Å². The van der Waals surface area contributed by atoms with Gasteiger partial charge in [-0.3, -0.25) is 19.6 Å². The SMILES string of the molecule is C#Cc1c(F)ccc2cc(O)cc(-c3ncc4c(N5CC6CCC(C5)N6C(=O)OCOC(=O)CCCCCCCCC)nc(OC[C@]56CCCN5CC(=C(F)F)C6)nc4c3F)c12. The van der Waals surface area contributed by atoms with E-state index >= 15 is 8.78 Å². The highest BCUT2D eigenvalue weighted by atomic mass is 19.3. The van der Waals surface area contributed by atoms with Gasteiger partial charge in [0.05, 0.1) is 28.6 Å². The van der Waals surface area contributed by atoms with E-state index in [4.69, 9.17) is 25.6 Å². The van der Waals surface area contributed by atoms with Crippen molar-refractivity contribution in [2.75, 3.05) is 44.5 Å². The van der Waals surface area contributed by atoms with E-state index in [1.165, 1.54) is 49.7 Å². The molecule has 4 aromatic rings. The molecule has 12 nitrogen and oxygen atoms in total. The maximum absolute atomic E-state index is 17.2. The number of nitrogens with zero attached hydrogens (tertiary/aromatic N) is 6. The number of esters is 1. The molecular weight excluding hydrogens is 809 g/mol. The van der Waals surface area contributed by atoms with Crippen molar-refractivity contribution in [2.24, 2.45) is 0 Å². The number of piperazine rings is 1. The molecule has 4 aliphatic rings. The van der Waals surface area contributed by atoms with E-state index in [-0.39, 0.29) is 107 Å². The summed E-state index contributed by atoms with van der Waals surface area (Å²) in [6.07, 6.45) is 15.3. The average Bonchev–Trinajstić information content (AvgIpc) is 3.90. The third-order valence-electron chi connectivity index (χ3n) is 12.9. The Morgan fingerprint density at radius 2 is 1.77 bits per heavy atom. The van der Waals surface area contributed by atoms with Gasteiger partial charge in [-0.25, -0.2) is 13.6 Å². The largest absolute Gasteiger partial charge is 0.508 e. The molecule has 0 spiro atoms. The lowest BCUT2D eigenvalue weighted by Crippen LogP contribution is -2.56. The van der Waals surface area contributed by atoms with Gasteiger partial charge in [0.2, 0.25) is 6.79 Å². The van der Waals surface area contributed by atoms with Crippen molar-refractivity contribution >= 4 is 39.6 Å². The van der Waals surface area contributed by atoms with Crippen LogP contribution < -0.4 is 9.64 Å². The van der Waals surface area contributed by atoms with Crippen LogP contribution in [0.3, 0.4) is 0 Å². The third-order valence-corrected chi connectivity index (χ3v) is 12.9. The number of hydrogen-bond donors (Lipinski definition) is 1. The number of hydrogen-bond acceptors (Lipinski definition) is 11. The van der Waals surface area contributed by atoms with Crippen LogP contribution in [0.25, 0.3) is 32.9 Å². The van der Waals surface area contributed by atoms with Gasteiger partial charge in [0.15, 0.2) is 5.82 Å². The summed E-state index contributed by atoms with van der Waals surface area (Å²) in [7, 11) is 0. The lowest BCUT2D eigenvalue weighted by Gasteiger charge is -2.41. The summed E-state index contributed by atoms with van der Waals surface area (Å²) in [6.45, 7) is 2.98. The number of phenols is 1. The van der Waals surface area contributed by atoms with Gasteiger partial charge >= 0.3 is 18.1 Å². The highest BCUT2D eigenvalue weighted by molar-refractivity contribution is 6.03. The van der Waals surface area contributed by atoms with E-state index in [9.17, 15) is 23.5 Å². The number of rotatable bonds is 15. The van der Waals surface area contributed by atoms with Gasteiger partial charge in [0, 0.05) is 48.8 Å². The molecule has 16 heteroatoms. The summed E-state index contributed by atoms with van der Waals surface area (Å²) < 4.78 is 76.7. The molecule has 2 bridgehead atoms. The number of pyridine rings is 1. The minimum absolute atomic E-state index is 0.0230. The van der Waals surface area contributed by atoms with E-state index in [0.717, 1.165) is 25.7 Å². The second kappa shape index (κ2) is 18.3. The van der Waals surface area contributed by atoms with Gasteiger partial charge in [-0.05, 0) is 68.7 Å². The van der Waals surface area contributed by atoms with Gasteiger partial charge in [-0.15, -0.1) is 6.42 Å². The topological polar surface area (TPSA) is 130 Å². The molecule has 4 fully saturated rings. The van der Waals surface area contributed by atoms with Gasteiger partial charge < -0.3 is 24.2 Å². The Labute approximate surface area is 357 Å². The van der Waals surface area contributed by atoms with Crippen LogP contribution in [0.5, 0.6) is 11.8 Å². The number of anilines is 1. The summed E-state index contributed by atoms with van der Waals surface area (Å²) in [5.74, 6) is 0.369. The van der Waals surface area contributed by atoms with Crippen molar-refractivity contribution < 1.29 is 46.5 Å². The molecule has 4 aliphatic heterocycles. The van der Waals surface area contributed by atoms with Crippen molar-refractivity contribution in [2.45, 2.75) is 108 Å². The number of amides is 1. The quantitative estimate of drug-likeness (QED) is 0.0404. The lowest BCUT2D eigenvalue weighted by molar-refractivity contribution is -0.152. The number of ether oxygens (including phenoxy) is 3. The number of terminal acetylenes is 1. The molecule has 62 heavy (non-hydrogen) atoms. The van der Waals surface area contributed by atoms with Crippen LogP contribution in [-0.4, -0.2) is 99.1 Å². The normalized spacial score (nSPS) is 20.8. The number of carbonyl (C=O) groups excluding carboxylic acids is 2. The summed E-state index contributed by atoms with van der Waals surface area (Å²) in [4.78, 5) is 45.0. The highest BCUT2D eigenvalue weighted by Crippen LogP contribution is 2.44. The zero-order valence-corrected chi connectivity index (χ0v) is 34.7. The molecule has 3 atom stereocenters. The molecule has 2 unspecified atom stereocenters. The van der Waals surface area contributed by atoms with Gasteiger partial charge in [0.1, 0.15) is 35.2 Å². The first-order chi connectivity index (χ1) is 30.0. The predicted molar refractivity (Wildman–Crippen MR) is 224 cm³/mol. The maximum Gasteiger partial charge on any atom is 0.413 e. The first-order valence-corrected chi connectivity index (χ1v) is 21.5. The maximum atomic E-state index is 17.2. The molecule has 0 saturated carbocycles. The van der Waals surface area contributed by atoms with Crippen molar-refractivity contribution in [3.8, 4) is 35.4 Å². The average molecular weight is 859 g/mol. The molecule has 6 heterocycles. The summed E-state index contributed by atoms with van der Waals surface area (Å²) in [6, 6.07) is 4.42. The Balaban J connectivity index is 1.05. The lowest BCUT2D eigenvalue weighted by atomic mass is 9.94. The molecule has 328 valence electrons. The highest BCUT2D eigenvalue weighted by Gasteiger charge is 2.49. The van der Waals surface area contributed by atoms with Crippen LogP contribution >= 0.6 is 0 Å². The Kier molecular flexibility index (Phi) is 12.7. The molecule has 2 aromatic carbocycles. The van der Waals surface area contributed by atoms with Crippen molar-refractivity contribution in [1.82, 2.24) is 24.8 Å². The standard InChI is InChI=1S/C46H50F4N6O6/c1-3-5-6-7-8-9-10-12-37(58)61-27-62-45(59)56-30-14-15-31(56)25-54(24-30)43-35-22-51-40(34-20-32(57)19-28-13-16-36(47)33(4-2)38(28)34)39(48)41(35)52-44(53-43)60-26-46-17-11-18-55(46)23-29(21-46)42(49)50/h2,13,16,19-20,22,30-31,57H,3,5-12,14-15,17-18,21,23-27H2,1H3/t30?,31?,46-/m1/s1. The fraction of sp³-hybridized carbons (Fsp3) is 0.500. The Bertz CT molecular complexity index is 2430. The first-order valence-electron chi connectivity index (χ1n) is 21.5. The predicted octanol–water partition coefficient (Wildman–Crippen LogP) is 9.01. The molecule has 1 amide bonds. The van der Waals surface area contributed by atoms with Crippen LogP contribution in [0, 0.1) is 24.0 Å². The summed E-state index contributed by atoms with van der Waals surface area (Å²) in [5, 5.41) is 11.4. The zero-order valence-electron chi connectivity index (χ0n) is 34.7. The second-order valence-electron chi connectivity index (χ2n) is 16.9. The van der Waals surface area contributed by atoms with E-state index in [1.54, 1.807) is 4.90 Å². The fourth-order valence-electron chi connectivity index (χ4n) is 9.83. The van der Waals surface area contributed by atoms with Crippen LogP contribution in [0.4, 0.5) is 28.2 Å². The third kappa shape index (κ3) is 8.56. The van der Waals surface area contributed by atoms with Crippen molar-refractivity contribution in [1.29, 1.82) is 0 Å². The smallest absolute Gasteiger partial charge is 0.413 e. The van der Waals surface area contributed by atoms with E-state index in [1.807, 2.05) is 9.80 Å². The van der Waals surface area contributed by atoms with Crippen LogP contribution in [-0.2, 0) is 14.3 Å². The molecule has 4 saturated heterocycles. The molecule has 2 aromatic heterocycles. The zero-order chi connectivity index (χ0) is 43.5. The number of halogens is 4. The van der Waals surface area contributed by atoms with Crippen LogP contribution in [0.1, 0.15) is 96.0 Å². The Hall–Kier alpha value is -5.69. The van der Waals surface area contributed by atoms with Crippen LogP contribution in [0.15, 0.2) is 42.1 Å². The Morgan fingerprint density at radius 1 is 1.02 bits per heavy atom. The van der Waals surface area contributed by atoms with Gasteiger partial charge in [-0.1, -0.05) is 57.4 Å². The minimum atomic E-state index is -1.70. The molecular formula is C46H50F4N6O6. The summed E-state index contributed by atoms with van der Waals surface area (Å²) in [5.41, 5.74) is -1.17. The minimum Gasteiger partial charge on any atom is -0.508 e. The number of carbonyl (C=O) groups is 2. The Morgan fingerprint density at radius 3 is 2.52 bits per heavy atom. The number of aromatic nitrogens is 3. The number of fused-ring (bicyclic) bond motifs is 5. The molecule has 0 radical (unpaired) electrons. The van der Waals surface area contributed by atoms with E-state index < -0.39 is 42.1 Å². The summed E-state index contributed by atoms with van der Waals surface area (Å²) >= 11 is 0. The number of aromatic hydroxyl groups is 1. The number of phenolic OH excluding ortho intramolecular Hbond substituents is 1. The first kappa shape index (κ1) is 43.0. The van der Waals surface area contributed by atoms with Gasteiger partial charge in [-0.2, -0.15) is 18.7 Å². The number of unbranched alkanes of at least 4 members (excludes halogenated alkanes) is 6. The second-order valence-corrected chi connectivity index (χ2v) is 16.9. The van der Waals surface area contributed by atoms with Crippen LogP contribution in [0.2, 0.25) is 0 Å². The van der Waals surface area contributed by atoms with Gasteiger partial charge in [0.25, 0.3) is 6.08 Å². The monoisotopic (exact) mass is 858 g/mol. The molecule has 0 aliphatic carbocycles. The molecule has 1 N–H and O–H groups in total. The van der Waals surface area contributed by atoms with Crippen molar-refractivity contribution in [3.63, 3.8) is 0 Å². The molecule has 8 rings (SSSR count). The van der Waals surface area contributed by atoms with E-state index in [0.29, 0.717) is 37.6 Å². The van der Waals surface area contributed by atoms with E-state index in [2.05, 4.69) is 22.8 Å². The number of benzene rings is 2. The fourth-order valence-corrected chi connectivity index (χ4v) is 9.83.